The molecule has 0 bridgehead atoms. The van der Waals surface area contributed by atoms with Crippen molar-refractivity contribution in [3.8, 4) is 0 Å². The normalized spacial score (nSPS) is 13.0. The molecule has 86 valence electrons. The molecule has 0 fully saturated rings. The van der Waals surface area contributed by atoms with Gasteiger partial charge in [-0.15, -0.1) is 5.10 Å². The van der Waals surface area contributed by atoms with E-state index in [1.807, 2.05) is 6.20 Å². The zero-order valence-electron chi connectivity index (χ0n) is 8.96. The van der Waals surface area contributed by atoms with Gasteiger partial charge in [0.25, 0.3) is 0 Å². The van der Waals surface area contributed by atoms with Gasteiger partial charge in [-0.1, -0.05) is 5.21 Å². The number of ether oxygens (including phenoxy) is 1. The van der Waals surface area contributed by atoms with Crippen LogP contribution in [-0.2, 0) is 17.7 Å². The van der Waals surface area contributed by atoms with Crippen molar-refractivity contribution in [2.75, 3.05) is 20.3 Å². The van der Waals surface area contributed by atoms with Gasteiger partial charge in [0.2, 0.25) is 0 Å². The Kier molecular flexibility index (Phi) is 5.23. The molecule has 3 N–H and O–H groups in total. The Bertz CT molecular complexity index is 277. The number of aliphatic hydroxyl groups excluding tert-OH is 1. The highest BCUT2D eigenvalue weighted by atomic mass is 16.5. The van der Waals surface area contributed by atoms with Gasteiger partial charge in [-0.05, 0) is 19.4 Å². The summed E-state index contributed by atoms with van der Waals surface area (Å²) in [7, 11) is 1.55. The van der Waals surface area contributed by atoms with Gasteiger partial charge in [-0.3, -0.25) is 0 Å². The zero-order chi connectivity index (χ0) is 11.1. The van der Waals surface area contributed by atoms with Gasteiger partial charge in [0.1, 0.15) is 0 Å². The number of hydrogen-bond donors (Lipinski definition) is 2. The highest BCUT2D eigenvalue weighted by Crippen LogP contribution is 1.98. The predicted molar refractivity (Wildman–Crippen MR) is 55.3 cm³/mol. The monoisotopic (exact) mass is 214 g/mol. The molecule has 15 heavy (non-hydrogen) atoms. The zero-order valence-corrected chi connectivity index (χ0v) is 8.96. The number of nitrogens with zero attached hydrogens (tertiary/aromatic N) is 3. The van der Waals surface area contributed by atoms with E-state index in [1.165, 1.54) is 0 Å². The molecule has 1 heterocycles. The van der Waals surface area contributed by atoms with Crippen LogP contribution >= 0.6 is 0 Å². The van der Waals surface area contributed by atoms with E-state index in [-0.39, 0.29) is 0 Å². The number of nitrogens with two attached hydrogens (primary N) is 1. The first-order valence-corrected chi connectivity index (χ1v) is 5.02. The molecule has 6 nitrogen and oxygen atoms in total. The lowest BCUT2D eigenvalue weighted by atomic mass is 10.2. The van der Waals surface area contributed by atoms with Crippen molar-refractivity contribution < 1.29 is 9.84 Å². The fourth-order valence-electron chi connectivity index (χ4n) is 1.29. The van der Waals surface area contributed by atoms with Crippen LogP contribution in [0.2, 0.25) is 0 Å². The molecule has 1 aromatic heterocycles. The Hall–Kier alpha value is -0.980. The molecule has 0 amide bonds. The van der Waals surface area contributed by atoms with Crippen molar-refractivity contribution in [2.24, 2.45) is 5.73 Å². The quantitative estimate of drug-likeness (QED) is 0.619. The predicted octanol–water partition coefficient (Wildman–Crippen LogP) is -0.823. The topological polar surface area (TPSA) is 86.2 Å². The van der Waals surface area contributed by atoms with Crippen molar-refractivity contribution in [1.29, 1.82) is 0 Å². The van der Waals surface area contributed by atoms with Crippen LogP contribution in [0.4, 0.5) is 0 Å². The molecule has 0 saturated carbocycles. The molecule has 1 atom stereocenters. The van der Waals surface area contributed by atoms with Crippen LogP contribution in [0.15, 0.2) is 6.20 Å². The van der Waals surface area contributed by atoms with Crippen LogP contribution in [0.3, 0.4) is 0 Å². The van der Waals surface area contributed by atoms with E-state index in [2.05, 4.69) is 10.3 Å². The van der Waals surface area contributed by atoms with Crippen molar-refractivity contribution in [1.82, 2.24) is 15.0 Å². The van der Waals surface area contributed by atoms with Crippen LogP contribution in [0.5, 0.6) is 0 Å². The van der Waals surface area contributed by atoms with E-state index in [0.29, 0.717) is 19.7 Å². The average molecular weight is 214 g/mol. The summed E-state index contributed by atoms with van der Waals surface area (Å²) in [6.07, 6.45) is 3.02. The lowest BCUT2D eigenvalue weighted by Gasteiger charge is -2.07. The van der Waals surface area contributed by atoms with E-state index in [9.17, 15) is 5.11 Å². The van der Waals surface area contributed by atoms with Gasteiger partial charge < -0.3 is 15.6 Å². The molecule has 1 unspecified atom stereocenters. The van der Waals surface area contributed by atoms with Crippen LogP contribution in [0, 0.1) is 0 Å². The van der Waals surface area contributed by atoms with Crippen molar-refractivity contribution in [3.63, 3.8) is 0 Å². The second kappa shape index (κ2) is 6.49. The minimum Gasteiger partial charge on any atom is -0.389 e. The standard InChI is InChI=1S/C9H18N4O2/c1-15-7-9(14)6-13-5-8(11-12-13)3-2-4-10/h5,9,14H,2-4,6-7,10H2,1H3. The molecule has 0 spiro atoms. The molecule has 0 aromatic carbocycles. The van der Waals surface area contributed by atoms with Crippen LogP contribution in [0.1, 0.15) is 12.1 Å². The SMILES string of the molecule is COCC(O)Cn1cc(CCCN)nn1. The summed E-state index contributed by atoms with van der Waals surface area (Å²) in [5.41, 5.74) is 6.30. The summed E-state index contributed by atoms with van der Waals surface area (Å²) >= 11 is 0. The molecule has 0 aliphatic carbocycles. The highest BCUT2D eigenvalue weighted by molar-refractivity contribution is 4.92. The molecule has 6 heteroatoms. The molecule has 0 radical (unpaired) electrons. The molecule has 1 aromatic rings. The Morgan fingerprint density at radius 3 is 3.13 bits per heavy atom. The molecule has 0 aliphatic rings. The summed E-state index contributed by atoms with van der Waals surface area (Å²) in [5, 5.41) is 17.3. The minimum absolute atomic E-state index is 0.304. The first-order valence-electron chi connectivity index (χ1n) is 5.02. The Morgan fingerprint density at radius 2 is 2.47 bits per heavy atom. The first-order chi connectivity index (χ1) is 7.26. The summed E-state index contributed by atoms with van der Waals surface area (Å²) in [4.78, 5) is 0. The first kappa shape index (κ1) is 12.1. The number of aryl methyl sites for hydroxylation is 1. The largest absolute Gasteiger partial charge is 0.389 e. The van der Waals surface area contributed by atoms with E-state index >= 15 is 0 Å². The Morgan fingerprint density at radius 1 is 1.67 bits per heavy atom. The lowest BCUT2D eigenvalue weighted by molar-refractivity contribution is 0.0510. The van der Waals surface area contributed by atoms with Crippen molar-refractivity contribution in [3.05, 3.63) is 11.9 Å². The average Bonchev–Trinajstić information content (AvgIpc) is 2.63. The van der Waals surface area contributed by atoms with Gasteiger partial charge in [-0.25, -0.2) is 4.68 Å². The fraction of sp³-hybridized carbons (Fsp3) is 0.778. The maximum Gasteiger partial charge on any atom is 0.0969 e. The van der Waals surface area contributed by atoms with Gasteiger partial charge in [0.15, 0.2) is 0 Å². The third-order valence-electron chi connectivity index (χ3n) is 1.98. The molecular formula is C9H18N4O2. The van der Waals surface area contributed by atoms with Crippen LogP contribution in [0.25, 0.3) is 0 Å². The van der Waals surface area contributed by atoms with E-state index < -0.39 is 6.10 Å². The second-order valence-electron chi connectivity index (χ2n) is 3.43. The van der Waals surface area contributed by atoms with Gasteiger partial charge in [-0.2, -0.15) is 0 Å². The summed E-state index contributed by atoms with van der Waals surface area (Å²) in [6, 6.07) is 0. The number of aliphatic hydroxyl groups is 1. The number of hydrogen-bond acceptors (Lipinski definition) is 5. The molecule has 0 saturated heterocycles. The maximum absolute atomic E-state index is 9.45. The number of rotatable bonds is 7. The molecular weight excluding hydrogens is 196 g/mol. The summed E-state index contributed by atoms with van der Waals surface area (Å²) in [5.74, 6) is 0. The van der Waals surface area contributed by atoms with Gasteiger partial charge in [0, 0.05) is 13.3 Å². The molecule has 0 aliphatic heterocycles. The molecule has 1 rings (SSSR count). The highest BCUT2D eigenvalue weighted by Gasteiger charge is 2.06. The third-order valence-corrected chi connectivity index (χ3v) is 1.98. The number of methoxy groups -OCH3 is 1. The summed E-state index contributed by atoms with van der Waals surface area (Å²) < 4.78 is 6.44. The van der Waals surface area contributed by atoms with E-state index in [4.69, 9.17) is 10.5 Å². The third kappa shape index (κ3) is 4.37. The maximum atomic E-state index is 9.45. The van der Waals surface area contributed by atoms with E-state index in [1.54, 1.807) is 11.8 Å². The van der Waals surface area contributed by atoms with E-state index in [0.717, 1.165) is 18.5 Å². The van der Waals surface area contributed by atoms with Gasteiger partial charge >= 0.3 is 0 Å². The van der Waals surface area contributed by atoms with Gasteiger partial charge in [0.05, 0.1) is 24.9 Å². The van der Waals surface area contributed by atoms with Crippen molar-refractivity contribution >= 4 is 0 Å². The fourth-order valence-corrected chi connectivity index (χ4v) is 1.29. The minimum atomic E-state index is -0.543. The second-order valence-corrected chi connectivity index (χ2v) is 3.43. The van der Waals surface area contributed by atoms with Crippen LogP contribution in [-0.4, -0.2) is 46.5 Å². The van der Waals surface area contributed by atoms with Crippen LogP contribution < -0.4 is 5.73 Å². The van der Waals surface area contributed by atoms with Crippen molar-refractivity contribution in [2.45, 2.75) is 25.5 Å². The lowest BCUT2D eigenvalue weighted by Crippen LogP contribution is -2.21. The Labute approximate surface area is 89.0 Å². The smallest absolute Gasteiger partial charge is 0.0969 e. The summed E-state index contributed by atoms with van der Waals surface area (Å²) in [6.45, 7) is 1.36. The Balaban J connectivity index is 2.38. The number of aromatic nitrogens is 3.